The maximum Gasteiger partial charge on any atom is 0.330 e. The molecule has 0 saturated carbocycles. The Morgan fingerprint density at radius 3 is 1.41 bits per heavy atom. The molecule has 0 radical (unpaired) electrons. The first-order chi connectivity index (χ1) is 42.9. The minimum Gasteiger partial charge on any atom is -0.497 e. The molecule has 1 aromatic carbocycles. The Labute approximate surface area is 592 Å². The molecule has 1 rings (SSSR count). The summed E-state index contributed by atoms with van der Waals surface area (Å²) >= 11 is 0. The number of carbonyl (C=O) groups excluding carboxylic acids is 1. The molecule has 11 nitrogen and oxygen atoms in total. The van der Waals surface area contributed by atoms with Crippen LogP contribution in [0.25, 0.3) is 0 Å². The van der Waals surface area contributed by atoms with Gasteiger partial charge >= 0.3 is 5.97 Å². The highest BCUT2D eigenvalue weighted by Crippen LogP contribution is 2.46. The molecule has 0 spiro atoms. The van der Waals surface area contributed by atoms with Gasteiger partial charge in [0.1, 0.15) is 11.5 Å². The third kappa shape index (κ3) is 28.8. The molecule has 0 bridgehead atoms. The first kappa shape index (κ1) is 91.2. The van der Waals surface area contributed by atoms with Crippen LogP contribution >= 0.6 is 0 Å². The number of benzene rings is 1. The number of carbonyl (C=O) groups is 2. The first-order valence-corrected chi connectivity index (χ1v) is 53.7. The third-order valence-electron chi connectivity index (χ3n) is 23.2. The molecule has 1 aromatic rings. The lowest BCUT2D eigenvalue weighted by Gasteiger charge is -2.46. The van der Waals surface area contributed by atoms with Crippen molar-refractivity contribution in [3.63, 3.8) is 0 Å². The molecule has 95 heavy (non-hydrogen) atoms. The molecular formula is C78H150O11Si6. The molecule has 0 fully saturated rings. The quantitative estimate of drug-likeness (QED) is 0.0382. The summed E-state index contributed by atoms with van der Waals surface area (Å²) in [4.78, 5) is 25.1. The Morgan fingerprint density at radius 1 is 0.537 bits per heavy atom. The van der Waals surface area contributed by atoms with Gasteiger partial charge in [0.2, 0.25) is 0 Å². The number of ether oxygens (including phenoxy) is 2. The molecule has 552 valence electrons. The number of allylic oxidation sites excluding steroid dienone is 2. The summed E-state index contributed by atoms with van der Waals surface area (Å²) in [6, 6.07) is 11.1. The summed E-state index contributed by atoms with van der Waals surface area (Å²) in [5.41, 5.74) is 2.49. The van der Waals surface area contributed by atoms with Gasteiger partial charge in [0.15, 0.2) is 49.9 Å². The van der Waals surface area contributed by atoms with E-state index in [9.17, 15) is 14.7 Å². The Kier molecular flexibility index (Phi) is 35.8. The fourth-order valence-electron chi connectivity index (χ4n) is 10.7. The van der Waals surface area contributed by atoms with E-state index in [1.54, 1.807) is 21.0 Å². The number of hydrogen-bond donors (Lipinski definition) is 1. The number of aliphatic carboxylic acids is 1. The van der Waals surface area contributed by atoms with Gasteiger partial charge in [0, 0.05) is 36.2 Å². The Balaban J connectivity index is 4.34. The van der Waals surface area contributed by atoms with Crippen molar-refractivity contribution >= 4 is 61.7 Å². The van der Waals surface area contributed by atoms with Gasteiger partial charge in [0.05, 0.1) is 56.4 Å². The maximum absolute atomic E-state index is 13.3. The largest absolute Gasteiger partial charge is 0.497 e. The van der Waals surface area contributed by atoms with Crippen LogP contribution in [0.3, 0.4) is 0 Å². The summed E-state index contributed by atoms with van der Waals surface area (Å²) in [6.07, 6.45) is 15.8. The van der Waals surface area contributed by atoms with Gasteiger partial charge in [-0.2, -0.15) is 0 Å². The van der Waals surface area contributed by atoms with Crippen molar-refractivity contribution in [2.24, 2.45) is 23.7 Å². The van der Waals surface area contributed by atoms with E-state index in [0.29, 0.717) is 25.0 Å². The van der Waals surface area contributed by atoms with Crippen molar-refractivity contribution in [3.05, 3.63) is 77.4 Å². The van der Waals surface area contributed by atoms with Crippen LogP contribution in [-0.4, -0.2) is 117 Å². The smallest absolute Gasteiger partial charge is 0.330 e. The van der Waals surface area contributed by atoms with Crippen molar-refractivity contribution in [1.82, 2.24) is 0 Å². The first-order valence-electron chi connectivity index (χ1n) is 36.7. The van der Waals surface area contributed by atoms with E-state index < -0.39 is 74.2 Å². The minimum atomic E-state index is -2.50. The van der Waals surface area contributed by atoms with E-state index in [1.165, 1.54) is 0 Å². The predicted molar refractivity (Wildman–Crippen MR) is 422 cm³/mol. The highest BCUT2D eigenvalue weighted by atomic mass is 28.4. The molecule has 0 unspecified atom stereocenters. The molecule has 0 saturated heterocycles. The zero-order chi connectivity index (χ0) is 74.1. The molecular weight excluding hydrogens is 1280 g/mol. The maximum atomic E-state index is 13.3. The second kappa shape index (κ2) is 37.4. The second-order valence-corrected chi connectivity index (χ2v) is 64.7. The van der Waals surface area contributed by atoms with Crippen LogP contribution in [-0.2, 0) is 47.5 Å². The van der Waals surface area contributed by atoms with Crippen molar-refractivity contribution in [3.8, 4) is 5.75 Å². The van der Waals surface area contributed by atoms with E-state index >= 15 is 0 Å². The minimum absolute atomic E-state index is 0.0168. The zero-order valence-electron chi connectivity index (χ0n) is 68.2. The van der Waals surface area contributed by atoms with Gasteiger partial charge in [-0.25, -0.2) is 4.79 Å². The van der Waals surface area contributed by atoms with Crippen LogP contribution in [0.2, 0.25) is 109 Å². The average molecular weight is 1430 g/mol. The van der Waals surface area contributed by atoms with Crippen molar-refractivity contribution in [2.45, 2.75) is 370 Å². The number of Topliss-reactive ketones (excluding diaryl/α,β-unsaturated/α-hetero) is 1. The Morgan fingerprint density at radius 2 is 0.979 bits per heavy atom. The zero-order valence-corrected chi connectivity index (χ0v) is 74.2. The van der Waals surface area contributed by atoms with Gasteiger partial charge in [-0.3, -0.25) is 4.79 Å². The third-order valence-corrected chi connectivity index (χ3v) is 50.2. The van der Waals surface area contributed by atoms with Crippen molar-refractivity contribution in [2.75, 3.05) is 7.11 Å². The topological polar surface area (TPSA) is 128 Å². The molecule has 17 heteroatoms. The van der Waals surface area contributed by atoms with E-state index in [1.807, 2.05) is 30.3 Å². The average Bonchev–Trinajstić information content (AvgIpc) is 0.809. The van der Waals surface area contributed by atoms with E-state index in [2.05, 4.69) is 255 Å². The molecule has 1 N–H and O–H groups in total. The van der Waals surface area contributed by atoms with Crippen molar-refractivity contribution in [1.29, 1.82) is 0 Å². The Hall–Kier alpha value is -1.86. The van der Waals surface area contributed by atoms with Crippen LogP contribution in [0.15, 0.2) is 71.9 Å². The molecule has 11 atom stereocenters. The summed E-state index contributed by atoms with van der Waals surface area (Å²) in [5.74, 6) is 0.297. The SMILES string of the molecule is CC[Si](CC)(CC)O[C@@H]([C@@H](C)[C@H](CC/C=C/[C@H](C)[C@H](/C=C/[C@H](C)[C@@H](O[Si](C)(C)C(C)(C)C)/C(C)=C/[C@H](O[Si](C)(C)C(C)(C)C)[C@@H](C[C@H](CC(C)=O)OCc1ccc(OC)cc1)O[Si](C)(C)C(C)(C)C)O[Si](C)(C)C(C)(C)C)O[Si](C)(C)C(C)(C)C)[C@@H](C)CC/C=C(\C)C(=O)O. The summed E-state index contributed by atoms with van der Waals surface area (Å²) in [5, 5.41) is 9.40. The Bertz CT molecular complexity index is 2580. The lowest BCUT2D eigenvalue weighted by Crippen LogP contribution is -2.52. The van der Waals surface area contributed by atoms with Gasteiger partial charge in [-0.05, 0) is 184 Å². The second-order valence-electron chi connectivity index (χ2n) is 36.2. The van der Waals surface area contributed by atoms with Crippen molar-refractivity contribution < 1.29 is 50.7 Å². The number of methoxy groups -OCH3 is 1. The summed E-state index contributed by atoms with van der Waals surface area (Å²) in [6.45, 7) is 80.3. The number of ketones is 1. The fourth-order valence-corrected chi connectivity index (χ4v) is 20.5. The van der Waals surface area contributed by atoms with Gasteiger partial charge in [0.25, 0.3) is 0 Å². The van der Waals surface area contributed by atoms with Gasteiger partial charge in [-0.1, -0.05) is 201 Å². The number of carboxylic acid groups (broad SMARTS) is 1. The van der Waals surface area contributed by atoms with Crippen LogP contribution in [0.5, 0.6) is 5.75 Å². The highest BCUT2D eigenvalue weighted by molar-refractivity contribution is 6.76. The summed E-state index contributed by atoms with van der Waals surface area (Å²) in [7, 11) is -12.4. The predicted octanol–water partition coefficient (Wildman–Crippen LogP) is 23.5. The number of rotatable bonds is 41. The molecule has 0 aromatic heterocycles. The standard InChI is InChI=1S/C78H150O11Si6/c1-37-95(38-2,39-3)89-72(58(5)44-42-45-60(7)73(80)81)63(10)68(85-91(29,30)75(14,15)16)46-41-40-43-57(4)67(84-90(27,28)74(11,12)13)52-47-59(6)71(88-94(35,36)78(23,24)25)61(8)53-69(86-92(31,32)76(17,18)19)70(87-93(33,34)77(20,21)22)55-66(54-62(9)79)83-56-64-48-50-65(82-26)51-49-64/h40,43,45,47-53,57-59,63,66-72H,37-39,41-42,44,46,54-56H2,1-36H3,(H,80,81)/b43-40+,52-47+,60-45+,61-53+/t57-,58-,59-,63-,66-,67-,68-,69-,70+,71+,72+/m0/s1. The van der Waals surface area contributed by atoms with Crippen LogP contribution in [0.1, 0.15) is 217 Å². The lowest BCUT2D eigenvalue weighted by molar-refractivity contribution is -0.132. The molecule has 0 amide bonds. The summed E-state index contributed by atoms with van der Waals surface area (Å²) < 4.78 is 58.0. The molecule has 0 aliphatic heterocycles. The number of carboxylic acids is 1. The fraction of sp³-hybridized carbons (Fsp3) is 0.795. The normalized spacial score (nSPS) is 18.1. The van der Waals surface area contributed by atoms with Crippen LogP contribution < -0.4 is 4.74 Å². The van der Waals surface area contributed by atoms with E-state index in [0.717, 1.165) is 54.3 Å². The number of hydrogen-bond acceptors (Lipinski definition) is 10. The van der Waals surface area contributed by atoms with E-state index in [4.69, 9.17) is 36.0 Å². The van der Waals surface area contributed by atoms with E-state index in [-0.39, 0.29) is 85.5 Å². The van der Waals surface area contributed by atoms with Gasteiger partial charge < -0.3 is 41.1 Å². The molecule has 0 aliphatic carbocycles. The highest BCUT2D eigenvalue weighted by Gasteiger charge is 2.48. The van der Waals surface area contributed by atoms with Crippen LogP contribution in [0, 0.1) is 23.7 Å². The lowest BCUT2D eigenvalue weighted by atomic mass is 9.85. The van der Waals surface area contributed by atoms with Crippen LogP contribution in [0.4, 0.5) is 0 Å². The molecule has 0 aliphatic rings. The van der Waals surface area contributed by atoms with Gasteiger partial charge in [-0.15, -0.1) is 0 Å². The monoisotopic (exact) mass is 1430 g/mol. The molecule has 0 heterocycles.